The number of aryl methyl sites for hydroxylation is 3. The Kier molecular flexibility index (Phi) is 4.21. The summed E-state index contributed by atoms with van der Waals surface area (Å²) in [5.41, 5.74) is 1.96. The summed E-state index contributed by atoms with van der Waals surface area (Å²) in [5, 5.41) is 4.39. The van der Waals surface area contributed by atoms with Crippen molar-refractivity contribution in [3.63, 3.8) is 0 Å². The van der Waals surface area contributed by atoms with E-state index in [1.165, 1.54) is 0 Å². The molecule has 2 aromatic heterocycles. The summed E-state index contributed by atoms with van der Waals surface area (Å²) in [7, 11) is 4.08. The summed E-state index contributed by atoms with van der Waals surface area (Å²) in [5.74, 6) is 1.11. The quantitative estimate of drug-likeness (QED) is 0.838. The number of hydrogen-bond acceptors (Lipinski definition) is 4. The third kappa shape index (κ3) is 3.14. The zero-order valence-electron chi connectivity index (χ0n) is 14.2. The Bertz CT molecular complexity index is 703. The molecule has 0 radical (unpaired) electrons. The molecular weight excluding hydrogens is 292 g/mol. The van der Waals surface area contributed by atoms with E-state index in [2.05, 4.69) is 22.0 Å². The lowest BCUT2D eigenvalue weighted by Crippen LogP contribution is -2.50. The molecule has 0 bridgehead atoms. The second-order valence-electron chi connectivity index (χ2n) is 6.32. The average molecular weight is 316 g/mol. The molecule has 2 aromatic rings. The lowest BCUT2D eigenvalue weighted by atomic mass is 10.1. The normalized spacial score (nSPS) is 19.3. The van der Waals surface area contributed by atoms with E-state index in [4.69, 9.17) is 0 Å². The van der Waals surface area contributed by atoms with E-state index in [0.29, 0.717) is 13.1 Å². The van der Waals surface area contributed by atoms with Crippen molar-refractivity contribution in [1.82, 2.24) is 29.1 Å². The van der Waals surface area contributed by atoms with Gasteiger partial charge in [-0.2, -0.15) is 5.10 Å². The van der Waals surface area contributed by atoms with Gasteiger partial charge >= 0.3 is 0 Å². The SMILES string of the molecule is Cc1cc(C)n(CC(=O)N2CCN(C)[C@@H](c3nccn3C)C2)n1. The second-order valence-corrected chi connectivity index (χ2v) is 6.32. The van der Waals surface area contributed by atoms with Gasteiger partial charge in [0.05, 0.1) is 11.7 Å². The van der Waals surface area contributed by atoms with Gasteiger partial charge in [-0.1, -0.05) is 0 Å². The Balaban J connectivity index is 1.72. The Morgan fingerprint density at radius 1 is 1.30 bits per heavy atom. The highest BCUT2D eigenvalue weighted by Crippen LogP contribution is 2.22. The fourth-order valence-corrected chi connectivity index (χ4v) is 3.14. The molecule has 124 valence electrons. The van der Waals surface area contributed by atoms with Gasteiger partial charge < -0.3 is 9.47 Å². The number of carbonyl (C=O) groups is 1. The van der Waals surface area contributed by atoms with Gasteiger partial charge in [0.25, 0.3) is 0 Å². The van der Waals surface area contributed by atoms with Gasteiger partial charge in [0.15, 0.2) is 0 Å². The molecule has 0 unspecified atom stereocenters. The molecule has 1 aliphatic rings. The Labute approximate surface area is 136 Å². The predicted molar refractivity (Wildman–Crippen MR) is 86.9 cm³/mol. The maximum atomic E-state index is 12.7. The van der Waals surface area contributed by atoms with Gasteiger partial charge in [0, 0.05) is 44.8 Å². The van der Waals surface area contributed by atoms with E-state index in [1.54, 1.807) is 10.9 Å². The van der Waals surface area contributed by atoms with Crippen molar-refractivity contribution < 1.29 is 4.79 Å². The maximum absolute atomic E-state index is 12.7. The zero-order chi connectivity index (χ0) is 16.6. The number of aromatic nitrogens is 4. The van der Waals surface area contributed by atoms with Crippen LogP contribution >= 0.6 is 0 Å². The van der Waals surface area contributed by atoms with E-state index < -0.39 is 0 Å². The number of nitrogens with zero attached hydrogens (tertiary/aromatic N) is 6. The van der Waals surface area contributed by atoms with E-state index in [1.807, 2.05) is 42.6 Å². The molecule has 1 amide bonds. The van der Waals surface area contributed by atoms with Crippen LogP contribution in [0.4, 0.5) is 0 Å². The molecular formula is C16H24N6O. The van der Waals surface area contributed by atoms with Gasteiger partial charge in [0.2, 0.25) is 5.91 Å². The molecule has 1 aliphatic heterocycles. The molecule has 1 atom stereocenters. The standard InChI is InChI=1S/C16H24N6O/c1-12-9-13(2)22(18-12)11-15(23)21-8-7-19(3)14(10-21)16-17-5-6-20(16)4/h5-6,9,14H,7-8,10-11H2,1-4H3/t14-/m1/s1. The van der Waals surface area contributed by atoms with Gasteiger partial charge in [-0.25, -0.2) is 4.98 Å². The minimum absolute atomic E-state index is 0.114. The Hall–Kier alpha value is -2.15. The van der Waals surface area contributed by atoms with Crippen molar-refractivity contribution in [2.75, 3.05) is 26.7 Å². The third-order valence-corrected chi connectivity index (χ3v) is 4.55. The lowest BCUT2D eigenvalue weighted by Gasteiger charge is -2.39. The first-order valence-corrected chi connectivity index (χ1v) is 7.92. The summed E-state index contributed by atoms with van der Waals surface area (Å²) >= 11 is 0. The largest absolute Gasteiger partial charge is 0.338 e. The monoisotopic (exact) mass is 316 g/mol. The number of amides is 1. The van der Waals surface area contributed by atoms with E-state index in [-0.39, 0.29) is 11.9 Å². The van der Waals surface area contributed by atoms with Crippen molar-refractivity contribution >= 4 is 5.91 Å². The number of carbonyl (C=O) groups excluding carboxylic acids is 1. The molecule has 0 spiro atoms. The van der Waals surface area contributed by atoms with Crippen LogP contribution in [-0.2, 0) is 18.4 Å². The van der Waals surface area contributed by atoms with Crippen LogP contribution in [0.15, 0.2) is 18.5 Å². The summed E-state index contributed by atoms with van der Waals surface area (Å²) in [4.78, 5) is 21.3. The minimum Gasteiger partial charge on any atom is -0.338 e. The highest BCUT2D eigenvalue weighted by atomic mass is 16.2. The zero-order valence-corrected chi connectivity index (χ0v) is 14.2. The average Bonchev–Trinajstić information content (AvgIpc) is 3.05. The van der Waals surface area contributed by atoms with Crippen molar-refractivity contribution in [2.45, 2.75) is 26.4 Å². The first-order valence-electron chi connectivity index (χ1n) is 7.92. The molecule has 7 nitrogen and oxygen atoms in total. The summed E-state index contributed by atoms with van der Waals surface area (Å²) in [6, 6.07) is 2.13. The van der Waals surface area contributed by atoms with Crippen LogP contribution in [0.1, 0.15) is 23.3 Å². The molecule has 0 saturated carbocycles. The molecule has 7 heteroatoms. The van der Waals surface area contributed by atoms with Crippen molar-refractivity contribution in [3.05, 3.63) is 35.7 Å². The van der Waals surface area contributed by atoms with Crippen LogP contribution in [0.3, 0.4) is 0 Å². The minimum atomic E-state index is 0.114. The summed E-state index contributed by atoms with van der Waals surface area (Å²) in [6.45, 7) is 6.49. The first kappa shape index (κ1) is 15.7. The molecule has 0 aromatic carbocycles. The number of hydrogen-bond donors (Lipinski definition) is 0. The van der Waals surface area contributed by atoms with Crippen LogP contribution in [0.2, 0.25) is 0 Å². The van der Waals surface area contributed by atoms with Crippen LogP contribution in [-0.4, -0.2) is 61.7 Å². The molecule has 0 N–H and O–H groups in total. The molecule has 1 fully saturated rings. The predicted octanol–water partition coefficient (Wildman–Crippen LogP) is 0.749. The first-order chi connectivity index (χ1) is 11.0. The van der Waals surface area contributed by atoms with E-state index in [9.17, 15) is 4.79 Å². The second kappa shape index (κ2) is 6.16. The van der Waals surface area contributed by atoms with Crippen molar-refractivity contribution in [3.8, 4) is 0 Å². The van der Waals surface area contributed by atoms with Crippen LogP contribution < -0.4 is 0 Å². The highest BCUT2D eigenvalue weighted by molar-refractivity contribution is 5.76. The Morgan fingerprint density at radius 2 is 2.09 bits per heavy atom. The van der Waals surface area contributed by atoms with Gasteiger partial charge in [-0.05, 0) is 27.0 Å². The molecule has 1 saturated heterocycles. The van der Waals surface area contributed by atoms with Gasteiger partial charge in [-0.15, -0.1) is 0 Å². The third-order valence-electron chi connectivity index (χ3n) is 4.55. The molecule has 0 aliphatic carbocycles. The maximum Gasteiger partial charge on any atom is 0.244 e. The van der Waals surface area contributed by atoms with Crippen LogP contribution in [0, 0.1) is 13.8 Å². The topological polar surface area (TPSA) is 59.2 Å². The van der Waals surface area contributed by atoms with Crippen LogP contribution in [0.5, 0.6) is 0 Å². The van der Waals surface area contributed by atoms with Crippen molar-refractivity contribution in [1.29, 1.82) is 0 Å². The lowest BCUT2D eigenvalue weighted by molar-refractivity contribution is -0.135. The fourth-order valence-electron chi connectivity index (χ4n) is 3.14. The highest BCUT2D eigenvalue weighted by Gasteiger charge is 2.30. The van der Waals surface area contributed by atoms with Gasteiger partial charge in [-0.3, -0.25) is 14.4 Å². The number of likely N-dealkylation sites (N-methyl/N-ethyl adjacent to an activating group) is 1. The molecule has 23 heavy (non-hydrogen) atoms. The fraction of sp³-hybridized carbons (Fsp3) is 0.562. The van der Waals surface area contributed by atoms with Gasteiger partial charge in [0.1, 0.15) is 12.4 Å². The van der Waals surface area contributed by atoms with E-state index in [0.717, 1.165) is 30.3 Å². The van der Waals surface area contributed by atoms with Crippen molar-refractivity contribution in [2.24, 2.45) is 7.05 Å². The molecule has 3 heterocycles. The van der Waals surface area contributed by atoms with Crippen LogP contribution in [0.25, 0.3) is 0 Å². The summed E-state index contributed by atoms with van der Waals surface area (Å²) < 4.78 is 3.81. The molecule has 3 rings (SSSR count). The smallest absolute Gasteiger partial charge is 0.244 e. The van der Waals surface area contributed by atoms with E-state index >= 15 is 0 Å². The Morgan fingerprint density at radius 3 is 2.70 bits per heavy atom. The summed E-state index contributed by atoms with van der Waals surface area (Å²) in [6.07, 6.45) is 3.75. The number of piperazine rings is 1. The number of rotatable bonds is 3. The number of imidazole rings is 1.